The minimum absolute atomic E-state index is 0.961. The summed E-state index contributed by atoms with van der Waals surface area (Å²) in [5.41, 5.74) is 1.36. The highest BCUT2D eigenvalue weighted by atomic mass is 32.1. The van der Waals surface area contributed by atoms with E-state index in [-0.39, 0.29) is 0 Å². The van der Waals surface area contributed by atoms with Gasteiger partial charge in [-0.3, -0.25) is 0 Å². The van der Waals surface area contributed by atoms with E-state index in [2.05, 4.69) is 64.0 Å². The van der Waals surface area contributed by atoms with E-state index in [9.17, 15) is 0 Å². The highest BCUT2D eigenvalue weighted by molar-refractivity contribution is 7.80. The molecule has 0 spiro atoms. The molecule has 2 aliphatic rings. The Morgan fingerprint density at radius 1 is 0.800 bits per heavy atom. The molecule has 2 fully saturated rings. The number of para-hydroxylation sites is 1. The van der Waals surface area contributed by atoms with Crippen LogP contribution in [0.25, 0.3) is 0 Å². The quantitative estimate of drug-likeness (QED) is 0.698. The van der Waals surface area contributed by atoms with Gasteiger partial charge in [0.2, 0.25) is 0 Å². The largest absolute Gasteiger partial charge is 0.369 e. The summed E-state index contributed by atoms with van der Waals surface area (Å²) < 4.78 is 0. The fourth-order valence-electron chi connectivity index (χ4n) is 2.98. The Labute approximate surface area is 158 Å². The Kier molecular flexibility index (Phi) is 7.93. The smallest absolute Gasteiger partial charge is 0.171 e. The lowest BCUT2D eigenvalue weighted by molar-refractivity contribution is 0.207. The summed E-state index contributed by atoms with van der Waals surface area (Å²) in [6.45, 7) is 9.02. The zero-order valence-corrected chi connectivity index (χ0v) is 17.0. The number of rotatable bonds is 1. The number of thiocarbonyl (C=S) groups is 1. The summed E-state index contributed by atoms with van der Waals surface area (Å²) in [5.74, 6) is 0. The first-order chi connectivity index (χ1) is 12.0. The Hall–Kier alpha value is -1.37. The van der Waals surface area contributed by atoms with Crippen molar-refractivity contribution in [1.29, 1.82) is 0 Å². The number of hydrogen-bond acceptors (Lipinski definition) is 4. The molecule has 0 N–H and O–H groups in total. The van der Waals surface area contributed by atoms with Crippen LogP contribution in [0.15, 0.2) is 30.3 Å². The Bertz CT molecular complexity index is 506. The number of nitrogens with zero attached hydrogens (tertiary/aromatic N) is 5. The minimum Gasteiger partial charge on any atom is -0.369 e. The molecule has 25 heavy (non-hydrogen) atoms. The third-order valence-electron chi connectivity index (χ3n) is 4.78. The van der Waals surface area contributed by atoms with Gasteiger partial charge in [0.15, 0.2) is 5.11 Å². The van der Waals surface area contributed by atoms with E-state index in [1.54, 1.807) is 0 Å². The molecular formula is C19H33N5S. The van der Waals surface area contributed by atoms with Gasteiger partial charge in [-0.1, -0.05) is 18.2 Å². The van der Waals surface area contributed by atoms with Crippen molar-refractivity contribution in [3.8, 4) is 0 Å². The highest BCUT2D eigenvalue weighted by Gasteiger charge is 2.16. The molecule has 2 saturated heterocycles. The highest BCUT2D eigenvalue weighted by Crippen LogP contribution is 2.14. The zero-order valence-electron chi connectivity index (χ0n) is 16.2. The van der Waals surface area contributed by atoms with Gasteiger partial charge < -0.3 is 24.5 Å². The van der Waals surface area contributed by atoms with Crippen molar-refractivity contribution in [2.24, 2.45) is 0 Å². The fourth-order valence-corrected chi connectivity index (χ4v) is 3.17. The topological polar surface area (TPSA) is 16.2 Å². The van der Waals surface area contributed by atoms with Gasteiger partial charge in [0.25, 0.3) is 0 Å². The second-order valence-electron chi connectivity index (χ2n) is 7.09. The zero-order chi connectivity index (χ0) is 18.2. The van der Waals surface area contributed by atoms with Crippen molar-refractivity contribution in [2.45, 2.75) is 0 Å². The van der Waals surface area contributed by atoms with E-state index in [1.807, 2.05) is 19.0 Å². The van der Waals surface area contributed by atoms with Crippen molar-refractivity contribution in [3.63, 3.8) is 0 Å². The van der Waals surface area contributed by atoms with Gasteiger partial charge in [0.1, 0.15) is 0 Å². The maximum Gasteiger partial charge on any atom is 0.171 e. The van der Waals surface area contributed by atoms with E-state index in [1.165, 1.54) is 18.8 Å². The number of benzene rings is 1. The van der Waals surface area contributed by atoms with Gasteiger partial charge in [-0.05, 0) is 38.4 Å². The Balaban J connectivity index is 0.000000181. The lowest BCUT2D eigenvalue weighted by Gasteiger charge is -2.36. The monoisotopic (exact) mass is 363 g/mol. The first-order valence-corrected chi connectivity index (χ1v) is 9.51. The van der Waals surface area contributed by atoms with Gasteiger partial charge in [-0.2, -0.15) is 0 Å². The lowest BCUT2D eigenvalue weighted by Crippen LogP contribution is -2.50. The molecule has 6 heteroatoms. The van der Waals surface area contributed by atoms with E-state index in [0.29, 0.717) is 0 Å². The molecule has 140 valence electrons. The molecule has 1 aromatic carbocycles. The SMILES string of the molecule is CN1CCN(C(=S)N(C)C)CC1.CN1CCN(c2ccccc2)CC1. The van der Waals surface area contributed by atoms with Crippen LogP contribution in [0.1, 0.15) is 0 Å². The fraction of sp³-hybridized carbons (Fsp3) is 0.632. The molecule has 0 aliphatic carbocycles. The summed E-state index contributed by atoms with van der Waals surface area (Å²) in [7, 11) is 8.33. The third kappa shape index (κ3) is 6.45. The number of hydrogen-bond donors (Lipinski definition) is 0. The Morgan fingerprint density at radius 3 is 1.76 bits per heavy atom. The molecule has 0 aromatic heterocycles. The molecule has 0 radical (unpaired) electrons. The van der Waals surface area contributed by atoms with E-state index >= 15 is 0 Å². The number of anilines is 1. The van der Waals surface area contributed by atoms with E-state index < -0.39 is 0 Å². The van der Waals surface area contributed by atoms with Gasteiger partial charge >= 0.3 is 0 Å². The van der Waals surface area contributed by atoms with E-state index in [4.69, 9.17) is 12.2 Å². The molecule has 2 aliphatic heterocycles. The average Bonchev–Trinajstić information content (AvgIpc) is 2.63. The van der Waals surface area contributed by atoms with Gasteiger partial charge in [-0.25, -0.2) is 0 Å². The molecule has 3 rings (SSSR count). The molecule has 0 amide bonds. The van der Waals surface area contributed by atoms with Crippen LogP contribution in [-0.2, 0) is 0 Å². The van der Waals surface area contributed by atoms with Crippen LogP contribution in [0.4, 0.5) is 5.69 Å². The van der Waals surface area contributed by atoms with Crippen LogP contribution in [-0.4, -0.2) is 105 Å². The lowest BCUT2D eigenvalue weighted by atomic mass is 10.2. The standard InChI is InChI=1S/C11H16N2.C8H17N3S/c1-12-7-9-13(10-8-12)11-5-3-2-4-6-11;1-9(2)8(12)11-6-4-10(3)5-7-11/h2-6H,7-10H2,1H3;4-7H2,1-3H3. The normalized spacial score (nSPS) is 19.2. The summed E-state index contributed by atoms with van der Waals surface area (Å²) in [6, 6.07) is 10.7. The average molecular weight is 364 g/mol. The van der Waals surface area contributed by atoms with Gasteiger partial charge in [-0.15, -0.1) is 0 Å². The van der Waals surface area contributed by atoms with Crippen molar-refractivity contribution in [1.82, 2.24) is 19.6 Å². The first kappa shape index (κ1) is 19.9. The summed E-state index contributed by atoms with van der Waals surface area (Å²) >= 11 is 5.27. The van der Waals surface area contributed by atoms with Gasteiger partial charge in [0, 0.05) is 72.1 Å². The summed E-state index contributed by atoms with van der Waals surface area (Å²) in [4.78, 5) is 11.4. The molecular weight excluding hydrogens is 330 g/mol. The summed E-state index contributed by atoms with van der Waals surface area (Å²) in [6.07, 6.45) is 0. The van der Waals surface area contributed by atoms with Crippen molar-refractivity contribution in [2.75, 3.05) is 85.4 Å². The van der Waals surface area contributed by atoms with Crippen molar-refractivity contribution in [3.05, 3.63) is 30.3 Å². The molecule has 0 unspecified atom stereocenters. The minimum atomic E-state index is 0.961. The third-order valence-corrected chi connectivity index (χ3v) is 5.40. The van der Waals surface area contributed by atoms with Gasteiger partial charge in [0.05, 0.1) is 0 Å². The first-order valence-electron chi connectivity index (χ1n) is 9.10. The molecule has 2 heterocycles. The predicted molar refractivity (Wildman–Crippen MR) is 112 cm³/mol. The molecule has 0 saturated carbocycles. The maximum absolute atomic E-state index is 5.27. The van der Waals surface area contributed by atoms with E-state index in [0.717, 1.165) is 44.4 Å². The summed E-state index contributed by atoms with van der Waals surface area (Å²) in [5, 5.41) is 0.961. The molecule has 0 bridgehead atoms. The van der Waals surface area contributed by atoms with Crippen LogP contribution in [0.5, 0.6) is 0 Å². The molecule has 5 nitrogen and oxygen atoms in total. The van der Waals surface area contributed by atoms with Crippen LogP contribution < -0.4 is 4.90 Å². The second-order valence-corrected chi connectivity index (χ2v) is 7.46. The van der Waals surface area contributed by atoms with Crippen molar-refractivity contribution >= 4 is 23.0 Å². The van der Waals surface area contributed by atoms with Crippen LogP contribution in [0, 0.1) is 0 Å². The van der Waals surface area contributed by atoms with Crippen molar-refractivity contribution < 1.29 is 0 Å². The number of piperazine rings is 2. The van der Waals surface area contributed by atoms with Crippen LogP contribution >= 0.6 is 12.2 Å². The molecule has 1 aromatic rings. The second kappa shape index (κ2) is 9.94. The predicted octanol–water partition coefficient (Wildman–Crippen LogP) is 1.52. The Morgan fingerprint density at radius 2 is 1.28 bits per heavy atom. The maximum atomic E-state index is 5.27. The number of likely N-dealkylation sites (N-methyl/N-ethyl adjacent to an activating group) is 2. The molecule has 0 atom stereocenters. The van der Waals surface area contributed by atoms with Crippen LogP contribution in [0.2, 0.25) is 0 Å². The van der Waals surface area contributed by atoms with Crippen LogP contribution in [0.3, 0.4) is 0 Å².